The van der Waals surface area contributed by atoms with Crippen LogP contribution in [0.3, 0.4) is 0 Å². The second-order valence-corrected chi connectivity index (χ2v) is 5.14. The molecule has 0 saturated carbocycles. The maximum atomic E-state index is 13.3. The number of nitrogens with two attached hydrogens (primary N) is 1. The molecule has 0 spiro atoms. The summed E-state index contributed by atoms with van der Waals surface area (Å²) in [5, 5.41) is 0. The quantitative estimate of drug-likeness (QED) is 0.686. The number of anilines is 1. The van der Waals surface area contributed by atoms with Crippen molar-refractivity contribution in [2.24, 2.45) is 7.05 Å². The van der Waals surface area contributed by atoms with E-state index in [0.29, 0.717) is 11.2 Å². The number of hydrogen-bond acceptors (Lipinski definition) is 2. The summed E-state index contributed by atoms with van der Waals surface area (Å²) < 4.78 is 15.3. The third-order valence-electron chi connectivity index (χ3n) is 3.77. The van der Waals surface area contributed by atoms with Crippen LogP contribution in [-0.2, 0) is 7.05 Å². The predicted octanol–water partition coefficient (Wildman–Crippen LogP) is 3.58. The van der Waals surface area contributed by atoms with E-state index >= 15 is 0 Å². The largest absolute Gasteiger partial charge is 0.399 e. The average Bonchev–Trinajstić information content (AvgIpc) is 2.70. The number of benzene rings is 2. The SMILES string of the molecule is Cc1cc(N)cc(-c2nc3cc(F)ccc3n2C)c1C. The summed E-state index contributed by atoms with van der Waals surface area (Å²) in [5.41, 5.74) is 11.5. The lowest BCUT2D eigenvalue weighted by Gasteiger charge is -2.10. The summed E-state index contributed by atoms with van der Waals surface area (Å²) in [6.07, 6.45) is 0. The number of hydrogen-bond donors (Lipinski definition) is 1. The number of nitrogen functional groups attached to an aromatic ring is 1. The Balaban J connectivity index is 2.32. The molecule has 102 valence electrons. The Bertz CT molecular complexity index is 818. The van der Waals surface area contributed by atoms with Crippen molar-refractivity contribution in [2.75, 3.05) is 5.73 Å². The molecule has 4 heteroatoms. The van der Waals surface area contributed by atoms with E-state index in [-0.39, 0.29) is 5.82 Å². The number of fused-ring (bicyclic) bond motifs is 1. The lowest BCUT2D eigenvalue weighted by Crippen LogP contribution is -1.98. The number of rotatable bonds is 1. The molecule has 1 heterocycles. The fraction of sp³-hybridized carbons (Fsp3) is 0.188. The van der Waals surface area contributed by atoms with Crippen LogP contribution in [0.15, 0.2) is 30.3 Å². The zero-order valence-corrected chi connectivity index (χ0v) is 11.7. The average molecular weight is 269 g/mol. The molecule has 3 nitrogen and oxygen atoms in total. The van der Waals surface area contributed by atoms with Gasteiger partial charge in [0.05, 0.1) is 11.0 Å². The maximum Gasteiger partial charge on any atom is 0.141 e. The summed E-state index contributed by atoms with van der Waals surface area (Å²) in [4.78, 5) is 4.55. The van der Waals surface area contributed by atoms with Crippen molar-refractivity contribution < 1.29 is 4.39 Å². The van der Waals surface area contributed by atoms with Gasteiger partial charge in [-0.2, -0.15) is 0 Å². The van der Waals surface area contributed by atoms with E-state index in [2.05, 4.69) is 4.98 Å². The molecule has 0 aliphatic carbocycles. The number of aryl methyl sites for hydroxylation is 2. The monoisotopic (exact) mass is 269 g/mol. The number of aromatic nitrogens is 2. The summed E-state index contributed by atoms with van der Waals surface area (Å²) in [6.45, 7) is 4.07. The van der Waals surface area contributed by atoms with Crippen LogP contribution in [0, 0.1) is 19.7 Å². The standard InChI is InChI=1S/C16H16FN3/c1-9-6-12(18)8-13(10(9)2)16-19-14-7-11(17)4-5-15(14)20(16)3/h4-8H,18H2,1-3H3. The van der Waals surface area contributed by atoms with Crippen molar-refractivity contribution in [3.63, 3.8) is 0 Å². The molecule has 0 aliphatic heterocycles. The molecule has 0 unspecified atom stereocenters. The van der Waals surface area contributed by atoms with Gasteiger partial charge in [-0.15, -0.1) is 0 Å². The zero-order valence-electron chi connectivity index (χ0n) is 11.7. The molecule has 1 aromatic heterocycles. The van der Waals surface area contributed by atoms with Crippen molar-refractivity contribution >= 4 is 16.7 Å². The Morgan fingerprint density at radius 2 is 1.90 bits per heavy atom. The van der Waals surface area contributed by atoms with Crippen LogP contribution in [0.25, 0.3) is 22.4 Å². The summed E-state index contributed by atoms with van der Waals surface area (Å²) >= 11 is 0. The molecule has 0 bridgehead atoms. The minimum absolute atomic E-state index is 0.275. The van der Waals surface area contributed by atoms with Crippen LogP contribution in [0.4, 0.5) is 10.1 Å². The molecule has 0 radical (unpaired) electrons. The van der Waals surface area contributed by atoms with Crippen LogP contribution < -0.4 is 5.73 Å². The van der Waals surface area contributed by atoms with Crippen LogP contribution >= 0.6 is 0 Å². The first-order chi connectivity index (χ1) is 9.47. The number of nitrogens with zero attached hydrogens (tertiary/aromatic N) is 2. The van der Waals surface area contributed by atoms with Gasteiger partial charge in [-0.1, -0.05) is 0 Å². The molecule has 0 atom stereocenters. The molecular formula is C16H16FN3. The fourth-order valence-corrected chi connectivity index (χ4v) is 2.53. The van der Waals surface area contributed by atoms with E-state index in [1.807, 2.05) is 37.6 Å². The highest BCUT2D eigenvalue weighted by Crippen LogP contribution is 2.30. The van der Waals surface area contributed by atoms with E-state index in [0.717, 1.165) is 28.0 Å². The van der Waals surface area contributed by atoms with E-state index < -0.39 is 0 Å². The predicted molar refractivity (Wildman–Crippen MR) is 80.0 cm³/mol. The first-order valence-corrected chi connectivity index (χ1v) is 6.46. The Hall–Kier alpha value is -2.36. The molecule has 20 heavy (non-hydrogen) atoms. The molecule has 0 aliphatic rings. The molecule has 2 aromatic carbocycles. The van der Waals surface area contributed by atoms with Gasteiger partial charge in [0.1, 0.15) is 11.6 Å². The van der Waals surface area contributed by atoms with Gasteiger partial charge in [-0.25, -0.2) is 9.37 Å². The molecule has 0 amide bonds. The third kappa shape index (κ3) is 1.84. The van der Waals surface area contributed by atoms with Crippen LogP contribution in [-0.4, -0.2) is 9.55 Å². The smallest absolute Gasteiger partial charge is 0.141 e. The highest BCUT2D eigenvalue weighted by molar-refractivity contribution is 5.82. The van der Waals surface area contributed by atoms with Crippen molar-refractivity contribution in [1.82, 2.24) is 9.55 Å². The van der Waals surface area contributed by atoms with Crippen molar-refractivity contribution in [2.45, 2.75) is 13.8 Å². The minimum Gasteiger partial charge on any atom is -0.399 e. The molecule has 0 saturated heterocycles. The van der Waals surface area contributed by atoms with Gasteiger partial charge in [-0.05, 0) is 49.2 Å². The first-order valence-electron chi connectivity index (χ1n) is 6.46. The van der Waals surface area contributed by atoms with Crippen LogP contribution in [0.1, 0.15) is 11.1 Å². The van der Waals surface area contributed by atoms with Crippen molar-refractivity contribution in [3.8, 4) is 11.4 Å². The number of halogens is 1. The van der Waals surface area contributed by atoms with Crippen LogP contribution in [0.5, 0.6) is 0 Å². The lowest BCUT2D eigenvalue weighted by atomic mass is 10.0. The molecule has 3 aromatic rings. The van der Waals surface area contributed by atoms with Crippen molar-refractivity contribution in [1.29, 1.82) is 0 Å². The molecule has 2 N–H and O–H groups in total. The highest BCUT2D eigenvalue weighted by Gasteiger charge is 2.14. The van der Waals surface area contributed by atoms with Gasteiger partial charge in [0.15, 0.2) is 0 Å². The second-order valence-electron chi connectivity index (χ2n) is 5.14. The second kappa shape index (κ2) is 4.34. The Morgan fingerprint density at radius 1 is 1.15 bits per heavy atom. The summed E-state index contributed by atoms with van der Waals surface area (Å²) in [6, 6.07) is 8.51. The fourth-order valence-electron chi connectivity index (χ4n) is 2.53. The van der Waals surface area contributed by atoms with Gasteiger partial charge >= 0.3 is 0 Å². The van der Waals surface area contributed by atoms with Gasteiger partial charge in [0.2, 0.25) is 0 Å². The molecule has 0 fully saturated rings. The third-order valence-corrected chi connectivity index (χ3v) is 3.77. The normalized spacial score (nSPS) is 11.2. The van der Waals surface area contributed by atoms with E-state index in [9.17, 15) is 4.39 Å². The Labute approximate surface area is 116 Å². The molecular weight excluding hydrogens is 253 g/mol. The summed E-state index contributed by atoms with van der Waals surface area (Å²) in [7, 11) is 1.93. The zero-order chi connectivity index (χ0) is 14.4. The molecule has 3 rings (SSSR count). The lowest BCUT2D eigenvalue weighted by molar-refractivity contribution is 0.629. The van der Waals surface area contributed by atoms with E-state index in [4.69, 9.17) is 5.73 Å². The van der Waals surface area contributed by atoms with Gasteiger partial charge in [0, 0.05) is 24.4 Å². The van der Waals surface area contributed by atoms with Gasteiger partial charge in [-0.3, -0.25) is 0 Å². The van der Waals surface area contributed by atoms with E-state index in [1.165, 1.54) is 12.1 Å². The minimum atomic E-state index is -0.275. The van der Waals surface area contributed by atoms with Crippen LogP contribution in [0.2, 0.25) is 0 Å². The maximum absolute atomic E-state index is 13.3. The first kappa shape index (κ1) is 12.7. The van der Waals surface area contributed by atoms with Gasteiger partial charge < -0.3 is 10.3 Å². The Kier molecular flexibility index (Phi) is 2.74. The van der Waals surface area contributed by atoms with Crippen molar-refractivity contribution in [3.05, 3.63) is 47.3 Å². The highest BCUT2D eigenvalue weighted by atomic mass is 19.1. The topological polar surface area (TPSA) is 43.8 Å². The number of imidazole rings is 1. The van der Waals surface area contributed by atoms with Gasteiger partial charge in [0.25, 0.3) is 0 Å². The Morgan fingerprint density at radius 3 is 2.65 bits per heavy atom. The summed E-state index contributed by atoms with van der Waals surface area (Å²) in [5.74, 6) is 0.529. The van der Waals surface area contributed by atoms with E-state index in [1.54, 1.807) is 6.07 Å².